The van der Waals surface area contributed by atoms with Crippen molar-refractivity contribution in [2.75, 3.05) is 19.4 Å². The Labute approximate surface area is 122 Å². The van der Waals surface area contributed by atoms with Gasteiger partial charge < -0.3 is 10.1 Å². The molecular formula is C15H29NO2S. The first-order valence-corrected chi connectivity index (χ1v) is 8.62. The Bertz CT molecular complexity index is 267. The first kappa shape index (κ1) is 16.8. The Morgan fingerprint density at radius 3 is 2.63 bits per heavy atom. The number of rotatable bonds is 9. The summed E-state index contributed by atoms with van der Waals surface area (Å²) in [6.45, 7) is 4.77. The van der Waals surface area contributed by atoms with Gasteiger partial charge in [-0.05, 0) is 44.9 Å². The fourth-order valence-electron chi connectivity index (χ4n) is 2.76. The van der Waals surface area contributed by atoms with Gasteiger partial charge in [0.05, 0.1) is 7.11 Å². The predicted octanol–water partition coefficient (Wildman–Crippen LogP) is 3.37. The van der Waals surface area contributed by atoms with Crippen LogP contribution in [0.4, 0.5) is 0 Å². The van der Waals surface area contributed by atoms with Gasteiger partial charge >= 0.3 is 5.97 Å². The molecule has 1 atom stereocenters. The normalized spacial score (nSPS) is 19.3. The van der Waals surface area contributed by atoms with Crippen molar-refractivity contribution in [1.82, 2.24) is 5.32 Å². The van der Waals surface area contributed by atoms with Crippen molar-refractivity contribution in [3.63, 3.8) is 0 Å². The highest BCUT2D eigenvalue weighted by molar-refractivity contribution is 7.99. The van der Waals surface area contributed by atoms with Crippen LogP contribution in [-0.4, -0.2) is 36.2 Å². The van der Waals surface area contributed by atoms with Crippen LogP contribution >= 0.6 is 11.8 Å². The monoisotopic (exact) mass is 287 g/mol. The zero-order valence-electron chi connectivity index (χ0n) is 12.7. The molecule has 1 saturated carbocycles. The smallest absolute Gasteiger partial charge is 0.325 e. The average molecular weight is 287 g/mol. The highest BCUT2D eigenvalue weighted by atomic mass is 32.2. The molecular weight excluding hydrogens is 258 g/mol. The molecule has 1 aliphatic rings. The van der Waals surface area contributed by atoms with Crippen LogP contribution in [0.15, 0.2) is 0 Å². The summed E-state index contributed by atoms with van der Waals surface area (Å²) in [6, 6.07) is 0. The third kappa shape index (κ3) is 5.74. The van der Waals surface area contributed by atoms with Crippen LogP contribution in [-0.2, 0) is 9.53 Å². The van der Waals surface area contributed by atoms with Crippen molar-refractivity contribution < 1.29 is 9.53 Å². The second-order valence-corrected chi connectivity index (χ2v) is 7.00. The lowest BCUT2D eigenvalue weighted by atomic mass is 9.95. The maximum Gasteiger partial charge on any atom is 0.325 e. The molecule has 0 radical (unpaired) electrons. The van der Waals surface area contributed by atoms with Crippen LogP contribution in [0.1, 0.15) is 58.8 Å². The minimum absolute atomic E-state index is 0.141. The topological polar surface area (TPSA) is 38.3 Å². The molecule has 0 amide bonds. The number of hydrogen-bond acceptors (Lipinski definition) is 4. The van der Waals surface area contributed by atoms with E-state index in [0.29, 0.717) is 0 Å². The summed E-state index contributed by atoms with van der Waals surface area (Å²) < 4.78 is 4.90. The average Bonchev–Trinajstić information content (AvgIpc) is 2.91. The number of likely N-dealkylation sites (N-methyl/N-ethyl adjacent to an activating group) is 1. The molecule has 1 rings (SSSR count). The Hall–Kier alpha value is -0.220. The van der Waals surface area contributed by atoms with Gasteiger partial charge in [0, 0.05) is 5.25 Å². The third-order valence-corrected chi connectivity index (χ3v) is 5.40. The van der Waals surface area contributed by atoms with E-state index >= 15 is 0 Å². The Kier molecular flexibility index (Phi) is 7.84. The van der Waals surface area contributed by atoms with E-state index < -0.39 is 5.54 Å². The molecule has 19 heavy (non-hydrogen) atoms. The first-order chi connectivity index (χ1) is 9.12. The van der Waals surface area contributed by atoms with Gasteiger partial charge in [-0.1, -0.05) is 26.2 Å². The highest BCUT2D eigenvalue weighted by Gasteiger charge is 2.32. The number of carbonyl (C=O) groups is 1. The molecule has 112 valence electrons. The van der Waals surface area contributed by atoms with Gasteiger partial charge in [0.1, 0.15) is 5.54 Å². The first-order valence-electron chi connectivity index (χ1n) is 7.57. The number of ether oxygens (including phenoxy) is 1. The van der Waals surface area contributed by atoms with Gasteiger partial charge in [0.2, 0.25) is 0 Å². The van der Waals surface area contributed by atoms with Crippen molar-refractivity contribution in [2.45, 2.75) is 69.6 Å². The van der Waals surface area contributed by atoms with E-state index in [4.69, 9.17) is 4.74 Å². The van der Waals surface area contributed by atoms with Crippen LogP contribution in [0, 0.1) is 0 Å². The Morgan fingerprint density at radius 2 is 2.05 bits per heavy atom. The molecule has 0 heterocycles. The van der Waals surface area contributed by atoms with Crippen LogP contribution < -0.4 is 5.32 Å². The number of esters is 1. The van der Waals surface area contributed by atoms with Crippen molar-refractivity contribution >= 4 is 17.7 Å². The number of nitrogens with one attached hydrogen (secondary N) is 1. The standard InChI is InChI=1S/C15H29NO2S/c1-4-16-15(2,14(17)18-3)11-7-8-12-19-13-9-5-6-10-13/h13,16H,4-12H2,1-3H3. The highest BCUT2D eigenvalue weighted by Crippen LogP contribution is 2.30. The number of carbonyl (C=O) groups excluding carboxylic acids is 1. The maximum atomic E-state index is 11.8. The van der Waals surface area contributed by atoms with E-state index in [1.54, 1.807) is 0 Å². The third-order valence-electron chi connectivity index (χ3n) is 3.93. The summed E-state index contributed by atoms with van der Waals surface area (Å²) in [5.41, 5.74) is -0.512. The number of methoxy groups -OCH3 is 1. The Balaban J connectivity index is 2.18. The van der Waals surface area contributed by atoms with Gasteiger partial charge in [-0.3, -0.25) is 4.79 Å². The fourth-order valence-corrected chi connectivity index (χ4v) is 4.13. The molecule has 0 aliphatic heterocycles. The Morgan fingerprint density at radius 1 is 1.37 bits per heavy atom. The van der Waals surface area contributed by atoms with Crippen LogP contribution in [0.2, 0.25) is 0 Å². The zero-order valence-corrected chi connectivity index (χ0v) is 13.5. The number of hydrogen-bond donors (Lipinski definition) is 1. The van der Waals surface area contributed by atoms with E-state index in [-0.39, 0.29) is 5.97 Å². The molecule has 4 heteroatoms. The molecule has 3 nitrogen and oxygen atoms in total. The van der Waals surface area contributed by atoms with Crippen molar-refractivity contribution in [1.29, 1.82) is 0 Å². The van der Waals surface area contributed by atoms with Gasteiger partial charge in [-0.15, -0.1) is 0 Å². The molecule has 1 N–H and O–H groups in total. The quantitative estimate of drug-likeness (QED) is 0.521. The minimum Gasteiger partial charge on any atom is -0.468 e. The zero-order chi connectivity index (χ0) is 14.1. The lowest BCUT2D eigenvalue weighted by Gasteiger charge is -2.27. The molecule has 1 aliphatic carbocycles. The second-order valence-electron chi connectivity index (χ2n) is 5.59. The maximum absolute atomic E-state index is 11.8. The molecule has 0 saturated heterocycles. The van der Waals surface area contributed by atoms with Crippen molar-refractivity contribution in [3.8, 4) is 0 Å². The molecule has 0 bridgehead atoms. The lowest BCUT2D eigenvalue weighted by molar-refractivity contribution is -0.148. The fraction of sp³-hybridized carbons (Fsp3) is 0.933. The van der Waals surface area contributed by atoms with Crippen molar-refractivity contribution in [2.24, 2.45) is 0 Å². The molecule has 0 spiro atoms. The lowest BCUT2D eigenvalue weighted by Crippen LogP contribution is -2.50. The van der Waals surface area contributed by atoms with Gasteiger partial charge in [-0.25, -0.2) is 0 Å². The summed E-state index contributed by atoms with van der Waals surface area (Å²) in [5, 5.41) is 4.16. The SMILES string of the molecule is CCNC(C)(CCCCSC1CCCC1)C(=O)OC. The summed E-state index contributed by atoms with van der Waals surface area (Å²) in [6.07, 6.45) is 8.77. The van der Waals surface area contributed by atoms with Gasteiger partial charge in [0.15, 0.2) is 0 Å². The number of thioether (sulfide) groups is 1. The van der Waals surface area contributed by atoms with Gasteiger partial charge in [0.25, 0.3) is 0 Å². The van der Waals surface area contributed by atoms with Crippen LogP contribution in [0.5, 0.6) is 0 Å². The minimum atomic E-state index is -0.512. The van der Waals surface area contributed by atoms with Crippen LogP contribution in [0.3, 0.4) is 0 Å². The van der Waals surface area contributed by atoms with E-state index in [2.05, 4.69) is 17.1 Å². The molecule has 0 aromatic heterocycles. The summed E-state index contributed by atoms with van der Waals surface area (Å²) in [7, 11) is 1.47. The second kappa shape index (κ2) is 8.85. The predicted molar refractivity (Wildman–Crippen MR) is 82.7 cm³/mol. The van der Waals surface area contributed by atoms with Crippen molar-refractivity contribution in [3.05, 3.63) is 0 Å². The largest absolute Gasteiger partial charge is 0.468 e. The summed E-state index contributed by atoms with van der Waals surface area (Å²) in [5.74, 6) is 1.09. The number of unbranched alkanes of at least 4 members (excludes halogenated alkanes) is 1. The van der Waals surface area contributed by atoms with Crippen LogP contribution in [0.25, 0.3) is 0 Å². The van der Waals surface area contributed by atoms with E-state index in [1.807, 2.05) is 13.8 Å². The van der Waals surface area contributed by atoms with E-state index in [9.17, 15) is 4.79 Å². The molecule has 0 aromatic rings. The van der Waals surface area contributed by atoms with E-state index in [1.165, 1.54) is 45.0 Å². The van der Waals surface area contributed by atoms with Gasteiger partial charge in [-0.2, -0.15) is 11.8 Å². The summed E-state index contributed by atoms with van der Waals surface area (Å²) >= 11 is 2.13. The molecule has 0 aromatic carbocycles. The molecule has 1 unspecified atom stereocenters. The molecule has 1 fully saturated rings. The van der Waals surface area contributed by atoms with E-state index in [0.717, 1.165) is 24.6 Å². The summed E-state index contributed by atoms with van der Waals surface area (Å²) in [4.78, 5) is 11.8.